The third-order valence-electron chi connectivity index (χ3n) is 2.99. The zero-order valence-electron chi connectivity index (χ0n) is 12.0. The molecule has 2 aromatic rings. The number of hydrogen-bond acceptors (Lipinski definition) is 3. The summed E-state index contributed by atoms with van der Waals surface area (Å²) in [6.07, 6.45) is 2.75. The molecule has 1 aromatic carbocycles. The summed E-state index contributed by atoms with van der Waals surface area (Å²) in [5.41, 5.74) is 1.60. The summed E-state index contributed by atoms with van der Waals surface area (Å²) in [4.78, 5) is 15.9. The van der Waals surface area contributed by atoms with Gasteiger partial charge in [-0.2, -0.15) is 0 Å². The second-order valence-electron chi connectivity index (χ2n) is 5.65. The summed E-state index contributed by atoms with van der Waals surface area (Å²) in [5.74, 6) is -0.385. The van der Waals surface area contributed by atoms with Gasteiger partial charge < -0.3 is 4.74 Å². The van der Waals surface area contributed by atoms with Gasteiger partial charge in [-0.1, -0.05) is 56.1 Å². The van der Waals surface area contributed by atoms with Gasteiger partial charge in [0.05, 0.1) is 5.56 Å². The molecule has 0 aliphatic carbocycles. The Bertz CT molecular complexity index is 641. The number of carbonyl (C=O) groups excluding carboxylic acids is 1. The van der Waals surface area contributed by atoms with Gasteiger partial charge in [0.1, 0.15) is 10.0 Å². The SMILES string of the molecule is CC(C)(C)c1ccc(C(=O)Oc2c(Cl)cncc2Cl)cc1. The fourth-order valence-corrected chi connectivity index (χ4v) is 2.20. The number of halogens is 2. The van der Waals surface area contributed by atoms with E-state index in [1.165, 1.54) is 12.4 Å². The molecule has 0 N–H and O–H groups in total. The first kappa shape index (κ1) is 15.8. The largest absolute Gasteiger partial charge is 0.420 e. The molecule has 0 saturated heterocycles. The zero-order valence-corrected chi connectivity index (χ0v) is 13.5. The number of rotatable bonds is 2. The van der Waals surface area contributed by atoms with Gasteiger partial charge >= 0.3 is 5.97 Å². The molecule has 0 bridgehead atoms. The second kappa shape index (κ2) is 6.04. The fraction of sp³-hybridized carbons (Fsp3) is 0.250. The Kier molecular flexibility index (Phi) is 4.55. The lowest BCUT2D eigenvalue weighted by atomic mass is 9.87. The molecule has 1 heterocycles. The maximum Gasteiger partial charge on any atom is 0.343 e. The Balaban J connectivity index is 2.21. The van der Waals surface area contributed by atoms with Crippen LogP contribution in [0.15, 0.2) is 36.7 Å². The fourth-order valence-electron chi connectivity index (χ4n) is 1.75. The van der Waals surface area contributed by atoms with E-state index in [0.717, 1.165) is 5.56 Å². The molecule has 0 aliphatic rings. The molecule has 110 valence electrons. The maximum atomic E-state index is 12.1. The van der Waals surface area contributed by atoms with Crippen molar-refractivity contribution in [3.8, 4) is 5.75 Å². The topological polar surface area (TPSA) is 39.2 Å². The summed E-state index contributed by atoms with van der Waals surface area (Å²) in [6.45, 7) is 6.32. The van der Waals surface area contributed by atoms with Gasteiger partial charge in [0.2, 0.25) is 0 Å². The van der Waals surface area contributed by atoms with Crippen molar-refractivity contribution in [2.24, 2.45) is 0 Å². The lowest BCUT2D eigenvalue weighted by Gasteiger charge is -2.19. The number of esters is 1. The number of carbonyl (C=O) groups is 1. The van der Waals surface area contributed by atoms with Crippen molar-refractivity contribution in [2.75, 3.05) is 0 Å². The molecule has 1 aromatic heterocycles. The highest BCUT2D eigenvalue weighted by molar-refractivity contribution is 6.37. The van der Waals surface area contributed by atoms with Crippen LogP contribution >= 0.6 is 23.2 Å². The summed E-state index contributed by atoms with van der Waals surface area (Å²) in [7, 11) is 0. The van der Waals surface area contributed by atoms with E-state index < -0.39 is 5.97 Å². The van der Waals surface area contributed by atoms with Crippen molar-refractivity contribution >= 4 is 29.2 Å². The predicted octanol–water partition coefficient (Wildman–Crippen LogP) is 4.91. The molecule has 0 unspecified atom stereocenters. The molecule has 2 rings (SSSR count). The van der Waals surface area contributed by atoms with Crippen molar-refractivity contribution in [1.29, 1.82) is 0 Å². The second-order valence-corrected chi connectivity index (χ2v) is 6.46. The zero-order chi connectivity index (χ0) is 15.6. The van der Waals surface area contributed by atoms with Crippen LogP contribution in [-0.2, 0) is 5.41 Å². The Morgan fingerprint density at radius 2 is 1.57 bits per heavy atom. The highest BCUT2D eigenvalue weighted by atomic mass is 35.5. The summed E-state index contributed by atoms with van der Waals surface area (Å²) in [6, 6.07) is 7.27. The van der Waals surface area contributed by atoms with Crippen LogP contribution in [0.5, 0.6) is 5.75 Å². The van der Waals surface area contributed by atoms with Crippen molar-refractivity contribution in [1.82, 2.24) is 4.98 Å². The molecule has 0 radical (unpaired) electrons. The van der Waals surface area contributed by atoms with E-state index in [4.69, 9.17) is 27.9 Å². The molecule has 5 heteroatoms. The average Bonchev–Trinajstić information content (AvgIpc) is 2.42. The molecular formula is C16H15Cl2NO2. The molecule has 3 nitrogen and oxygen atoms in total. The number of pyridine rings is 1. The lowest BCUT2D eigenvalue weighted by Crippen LogP contribution is -2.13. The smallest absolute Gasteiger partial charge is 0.343 e. The van der Waals surface area contributed by atoms with Crippen LogP contribution < -0.4 is 4.74 Å². The Morgan fingerprint density at radius 1 is 1.05 bits per heavy atom. The molecule has 0 aliphatic heterocycles. The minimum Gasteiger partial charge on any atom is -0.420 e. The molecular weight excluding hydrogens is 309 g/mol. The van der Waals surface area contributed by atoms with Crippen LogP contribution in [0.4, 0.5) is 0 Å². The van der Waals surface area contributed by atoms with Gasteiger partial charge in [0.15, 0.2) is 5.75 Å². The van der Waals surface area contributed by atoms with Gasteiger partial charge in [0.25, 0.3) is 0 Å². The van der Waals surface area contributed by atoms with Crippen LogP contribution in [0.3, 0.4) is 0 Å². The van der Waals surface area contributed by atoms with Crippen LogP contribution in [-0.4, -0.2) is 11.0 Å². The first-order chi connectivity index (χ1) is 9.79. The summed E-state index contributed by atoms with van der Waals surface area (Å²) in [5, 5.41) is 0.393. The van der Waals surface area contributed by atoms with Crippen LogP contribution in [0.2, 0.25) is 10.0 Å². The third-order valence-corrected chi connectivity index (χ3v) is 3.53. The molecule has 0 amide bonds. The number of nitrogens with zero attached hydrogens (tertiary/aromatic N) is 1. The third kappa shape index (κ3) is 3.74. The molecule has 0 spiro atoms. The number of benzene rings is 1. The van der Waals surface area contributed by atoms with Gasteiger partial charge in [0, 0.05) is 12.4 Å². The van der Waals surface area contributed by atoms with Gasteiger partial charge in [-0.05, 0) is 23.1 Å². The minimum absolute atomic E-state index is 0.0279. The Hall–Kier alpha value is -1.58. The summed E-state index contributed by atoms with van der Waals surface area (Å²) < 4.78 is 5.24. The van der Waals surface area contributed by atoms with E-state index in [1.807, 2.05) is 12.1 Å². The van der Waals surface area contributed by atoms with E-state index >= 15 is 0 Å². The lowest BCUT2D eigenvalue weighted by molar-refractivity contribution is 0.0735. The average molecular weight is 324 g/mol. The van der Waals surface area contributed by atoms with Crippen molar-refractivity contribution < 1.29 is 9.53 Å². The van der Waals surface area contributed by atoms with Crippen LogP contribution in [0.25, 0.3) is 0 Å². The number of hydrogen-bond donors (Lipinski definition) is 0. The number of aromatic nitrogens is 1. The minimum atomic E-state index is -0.509. The van der Waals surface area contributed by atoms with Crippen molar-refractivity contribution in [3.63, 3.8) is 0 Å². The Labute approximate surface area is 133 Å². The quantitative estimate of drug-likeness (QED) is 0.737. The monoisotopic (exact) mass is 323 g/mol. The van der Waals surface area contributed by atoms with Crippen LogP contribution in [0.1, 0.15) is 36.7 Å². The van der Waals surface area contributed by atoms with E-state index in [1.54, 1.807) is 12.1 Å². The predicted molar refractivity (Wildman–Crippen MR) is 84.4 cm³/mol. The Morgan fingerprint density at radius 3 is 2.05 bits per heavy atom. The van der Waals surface area contributed by atoms with E-state index in [0.29, 0.717) is 5.56 Å². The van der Waals surface area contributed by atoms with Crippen molar-refractivity contribution in [2.45, 2.75) is 26.2 Å². The van der Waals surface area contributed by atoms with E-state index in [9.17, 15) is 4.79 Å². The van der Waals surface area contributed by atoms with E-state index in [-0.39, 0.29) is 21.2 Å². The van der Waals surface area contributed by atoms with Crippen molar-refractivity contribution in [3.05, 3.63) is 57.8 Å². The summed E-state index contributed by atoms with van der Waals surface area (Å²) >= 11 is 11.8. The van der Waals surface area contributed by atoms with Gasteiger partial charge in [-0.3, -0.25) is 4.98 Å². The number of ether oxygens (including phenoxy) is 1. The first-order valence-electron chi connectivity index (χ1n) is 6.41. The molecule has 0 saturated carbocycles. The molecule has 21 heavy (non-hydrogen) atoms. The molecule has 0 atom stereocenters. The standard InChI is InChI=1S/C16H15Cl2NO2/c1-16(2,3)11-6-4-10(5-7-11)15(20)21-14-12(17)8-19-9-13(14)18/h4-9H,1-3H3. The highest BCUT2D eigenvalue weighted by Crippen LogP contribution is 2.32. The van der Waals surface area contributed by atoms with Gasteiger partial charge in [-0.15, -0.1) is 0 Å². The first-order valence-corrected chi connectivity index (χ1v) is 7.16. The van der Waals surface area contributed by atoms with Crippen LogP contribution in [0, 0.1) is 0 Å². The van der Waals surface area contributed by atoms with E-state index in [2.05, 4.69) is 25.8 Å². The normalized spacial score (nSPS) is 11.3. The maximum absolute atomic E-state index is 12.1. The van der Waals surface area contributed by atoms with Gasteiger partial charge in [-0.25, -0.2) is 4.79 Å². The molecule has 0 fully saturated rings. The highest BCUT2D eigenvalue weighted by Gasteiger charge is 2.17.